The van der Waals surface area contributed by atoms with Crippen molar-refractivity contribution in [1.29, 1.82) is 0 Å². The number of nitrogens with zero attached hydrogens (tertiary/aromatic N) is 3. The van der Waals surface area contributed by atoms with Crippen molar-refractivity contribution in [3.8, 4) is 0 Å². The molecule has 0 saturated carbocycles. The molecular formula is C18H15BrN4O2. The average molecular weight is 399 g/mol. The van der Waals surface area contributed by atoms with E-state index in [9.17, 15) is 4.79 Å². The summed E-state index contributed by atoms with van der Waals surface area (Å²) in [6.07, 6.45) is 0.160. The monoisotopic (exact) mass is 398 g/mol. The summed E-state index contributed by atoms with van der Waals surface area (Å²) < 4.78 is 8.16. The zero-order chi connectivity index (χ0) is 17.4. The molecule has 0 spiro atoms. The van der Waals surface area contributed by atoms with Gasteiger partial charge in [-0.2, -0.15) is 0 Å². The van der Waals surface area contributed by atoms with Crippen LogP contribution in [0.4, 0.5) is 0 Å². The number of aromatic nitrogens is 3. The van der Waals surface area contributed by atoms with E-state index >= 15 is 0 Å². The Hall–Kier alpha value is -2.67. The summed E-state index contributed by atoms with van der Waals surface area (Å²) >= 11 is 3.42. The van der Waals surface area contributed by atoms with E-state index in [0.29, 0.717) is 17.8 Å². The fourth-order valence-corrected chi connectivity index (χ4v) is 3.20. The predicted molar refractivity (Wildman–Crippen MR) is 98.0 cm³/mol. The van der Waals surface area contributed by atoms with E-state index < -0.39 is 0 Å². The number of carbonyl (C=O) groups excluding carboxylic acids is 1. The molecule has 2 aromatic carbocycles. The van der Waals surface area contributed by atoms with E-state index in [1.807, 2.05) is 54.1 Å². The molecule has 0 saturated heterocycles. The summed E-state index contributed by atoms with van der Waals surface area (Å²) in [6.45, 7) is 0.365. The number of para-hydroxylation sites is 2. The van der Waals surface area contributed by atoms with Gasteiger partial charge in [-0.15, -0.1) is 0 Å². The van der Waals surface area contributed by atoms with Gasteiger partial charge in [-0.1, -0.05) is 33.2 Å². The van der Waals surface area contributed by atoms with Crippen LogP contribution in [0.1, 0.15) is 11.5 Å². The predicted octanol–water partition coefficient (Wildman–Crippen LogP) is 3.34. The Balaban J connectivity index is 1.48. The van der Waals surface area contributed by atoms with E-state index in [1.54, 1.807) is 0 Å². The number of halogens is 1. The molecule has 0 fully saturated rings. The second-order valence-electron chi connectivity index (χ2n) is 5.80. The molecule has 4 aromatic rings. The molecule has 1 N–H and O–H groups in total. The number of carbonyl (C=O) groups is 1. The Morgan fingerprint density at radius 3 is 2.96 bits per heavy atom. The Kier molecular flexibility index (Phi) is 4.01. The van der Waals surface area contributed by atoms with Crippen LogP contribution in [0.3, 0.4) is 0 Å². The summed E-state index contributed by atoms with van der Waals surface area (Å²) in [7, 11) is 1.94. The molecule has 2 aromatic heterocycles. The fraction of sp³-hybridized carbons (Fsp3) is 0.167. The number of imidazole rings is 1. The minimum absolute atomic E-state index is 0.123. The zero-order valence-electron chi connectivity index (χ0n) is 13.5. The lowest BCUT2D eigenvalue weighted by Crippen LogP contribution is -2.26. The van der Waals surface area contributed by atoms with Gasteiger partial charge in [-0.3, -0.25) is 4.79 Å². The molecule has 0 aliphatic carbocycles. The number of hydrogen-bond donors (Lipinski definition) is 1. The van der Waals surface area contributed by atoms with Crippen LogP contribution in [0.15, 0.2) is 51.5 Å². The van der Waals surface area contributed by atoms with Gasteiger partial charge in [-0.05, 0) is 30.3 Å². The number of hydrogen-bond acceptors (Lipinski definition) is 4. The largest absolute Gasteiger partial charge is 0.356 e. The number of amides is 1. The molecule has 0 bridgehead atoms. The molecule has 0 aliphatic rings. The Labute approximate surface area is 151 Å². The molecule has 1 amide bonds. The molecule has 0 atom stereocenters. The molecule has 2 heterocycles. The standard InChI is InChI=1S/C18H15BrN4O2/c1-23-15-5-3-2-4-13(15)21-17(23)10-20-18(24)9-14-12-8-11(19)6-7-16(12)25-22-14/h2-8H,9-10H2,1H3,(H,20,24). The molecule has 0 radical (unpaired) electrons. The van der Waals surface area contributed by atoms with Crippen molar-refractivity contribution >= 4 is 43.8 Å². The third-order valence-corrected chi connectivity index (χ3v) is 4.65. The number of fused-ring (bicyclic) bond motifs is 2. The minimum atomic E-state index is -0.123. The first kappa shape index (κ1) is 15.8. The SMILES string of the molecule is Cn1c(CNC(=O)Cc2noc3ccc(Br)cc23)nc2ccccc21. The van der Waals surface area contributed by atoms with Gasteiger partial charge in [0.25, 0.3) is 0 Å². The quantitative estimate of drug-likeness (QED) is 0.572. The van der Waals surface area contributed by atoms with Gasteiger partial charge >= 0.3 is 0 Å². The number of rotatable bonds is 4. The Bertz CT molecular complexity index is 1080. The smallest absolute Gasteiger partial charge is 0.226 e. The highest BCUT2D eigenvalue weighted by Gasteiger charge is 2.14. The van der Waals surface area contributed by atoms with E-state index in [4.69, 9.17) is 4.52 Å². The summed E-state index contributed by atoms with van der Waals surface area (Å²) in [5.41, 5.74) is 3.25. The van der Waals surface area contributed by atoms with Crippen LogP contribution in [0.25, 0.3) is 22.0 Å². The van der Waals surface area contributed by atoms with Crippen molar-refractivity contribution in [3.05, 3.63) is 58.5 Å². The highest BCUT2D eigenvalue weighted by molar-refractivity contribution is 9.10. The lowest BCUT2D eigenvalue weighted by Gasteiger charge is -2.04. The minimum Gasteiger partial charge on any atom is -0.356 e. The lowest BCUT2D eigenvalue weighted by molar-refractivity contribution is -0.120. The number of aryl methyl sites for hydroxylation is 1. The second-order valence-corrected chi connectivity index (χ2v) is 6.71. The number of nitrogens with one attached hydrogen (secondary N) is 1. The van der Waals surface area contributed by atoms with E-state index in [2.05, 4.69) is 31.4 Å². The molecular weight excluding hydrogens is 384 g/mol. The molecule has 7 heteroatoms. The first-order chi connectivity index (χ1) is 12.1. The van der Waals surface area contributed by atoms with Crippen molar-refractivity contribution in [2.24, 2.45) is 7.05 Å². The lowest BCUT2D eigenvalue weighted by atomic mass is 10.1. The van der Waals surface area contributed by atoms with Crippen molar-refractivity contribution in [2.45, 2.75) is 13.0 Å². The van der Waals surface area contributed by atoms with Gasteiger partial charge in [0.15, 0.2) is 5.58 Å². The van der Waals surface area contributed by atoms with E-state index in [0.717, 1.165) is 26.7 Å². The van der Waals surface area contributed by atoms with Crippen LogP contribution in [0, 0.1) is 0 Å². The maximum Gasteiger partial charge on any atom is 0.226 e. The Morgan fingerprint density at radius 2 is 2.12 bits per heavy atom. The van der Waals surface area contributed by atoms with Crippen molar-refractivity contribution < 1.29 is 9.32 Å². The summed E-state index contributed by atoms with van der Waals surface area (Å²) in [4.78, 5) is 16.8. The van der Waals surface area contributed by atoms with Gasteiger partial charge in [-0.25, -0.2) is 4.98 Å². The van der Waals surface area contributed by atoms with Gasteiger partial charge in [0.05, 0.1) is 24.0 Å². The maximum absolute atomic E-state index is 12.3. The van der Waals surface area contributed by atoms with Gasteiger partial charge < -0.3 is 14.4 Å². The summed E-state index contributed by atoms with van der Waals surface area (Å²) in [5, 5.41) is 7.75. The maximum atomic E-state index is 12.3. The third kappa shape index (κ3) is 3.02. The number of benzene rings is 2. The topological polar surface area (TPSA) is 73.0 Å². The van der Waals surface area contributed by atoms with Crippen molar-refractivity contribution in [1.82, 2.24) is 20.0 Å². The first-order valence-corrected chi connectivity index (χ1v) is 8.62. The van der Waals surface area contributed by atoms with Gasteiger partial charge in [0, 0.05) is 16.9 Å². The highest BCUT2D eigenvalue weighted by Crippen LogP contribution is 2.23. The molecule has 0 aliphatic heterocycles. The zero-order valence-corrected chi connectivity index (χ0v) is 15.1. The van der Waals surface area contributed by atoms with Crippen LogP contribution in [-0.4, -0.2) is 20.6 Å². The second kappa shape index (κ2) is 6.33. The molecule has 25 heavy (non-hydrogen) atoms. The van der Waals surface area contributed by atoms with Crippen molar-refractivity contribution in [3.63, 3.8) is 0 Å². The average Bonchev–Trinajstić information content (AvgIpc) is 3.15. The highest BCUT2D eigenvalue weighted by atomic mass is 79.9. The van der Waals surface area contributed by atoms with E-state index in [-0.39, 0.29) is 12.3 Å². The molecule has 126 valence electrons. The molecule has 6 nitrogen and oxygen atoms in total. The Morgan fingerprint density at radius 1 is 1.28 bits per heavy atom. The summed E-state index contributed by atoms with van der Waals surface area (Å²) in [5.74, 6) is 0.685. The van der Waals surface area contributed by atoms with Crippen LogP contribution in [0.5, 0.6) is 0 Å². The van der Waals surface area contributed by atoms with Crippen LogP contribution >= 0.6 is 15.9 Å². The fourth-order valence-electron chi connectivity index (χ4n) is 2.83. The van der Waals surface area contributed by atoms with E-state index in [1.165, 1.54) is 0 Å². The van der Waals surface area contributed by atoms with Crippen LogP contribution in [0.2, 0.25) is 0 Å². The summed E-state index contributed by atoms with van der Waals surface area (Å²) in [6, 6.07) is 13.5. The van der Waals surface area contributed by atoms with Crippen LogP contribution in [-0.2, 0) is 24.8 Å². The van der Waals surface area contributed by atoms with Gasteiger partial charge in [0.2, 0.25) is 5.91 Å². The van der Waals surface area contributed by atoms with Crippen molar-refractivity contribution in [2.75, 3.05) is 0 Å². The third-order valence-electron chi connectivity index (χ3n) is 4.16. The molecule has 0 unspecified atom stereocenters. The normalized spacial score (nSPS) is 11.3. The van der Waals surface area contributed by atoms with Gasteiger partial charge in [0.1, 0.15) is 11.5 Å². The van der Waals surface area contributed by atoms with Crippen LogP contribution < -0.4 is 5.32 Å². The molecule has 4 rings (SSSR count). The first-order valence-electron chi connectivity index (χ1n) is 7.82.